The highest BCUT2D eigenvalue weighted by molar-refractivity contribution is 5.28. The molecule has 2 nitrogen and oxygen atoms in total. The normalized spacial score (nSPS) is 13.2. The van der Waals surface area contributed by atoms with E-state index in [4.69, 9.17) is 0 Å². The third-order valence-corrected chi connectivity index (χ3v) is 3.86. The van der Waals surface area contributed by atoms with E-state index in [1.165, 1.54) is 24.0 Å². The van der Waals surface area contributed by atoms with Gasteiger partial charge in [0, 0.05) is 12.1 Å². The van der Waals surface area contributed by atoms with Crippen molar-refractivity contribution >= 4 is 0 Å². The van der Waals surface area contributed by atoms with Crippen LogP contribution in [0.2, 0.25) is 0 Å². The molecule has 108 valence electrons. The van der Waals surface area contributed by atoms with E-state index in [9.17, 15) is 0 Å². The number of rotatable bonds is 8. The van der Waals surface area contributed by atoms with Crippen LogP contribution in [0.4, 0.5) is 0 Å². The van der Waals surface area contributed by atoms with E-state index < -0.39 is 0 Å². The Morgan fingerprint density at radius 2 is 1.89 bits per heavy atom. The van der Waals surface area contributed by atoms with Crippen LogP contribution in [0.1, 0.15) is 50.8 Å². The van der Waals surface area contributed by atoms with Crippen LogP contribution in [0.15, 0.2) is 24.3 Å². The monoisotopic (exact) mass is 262 g/mol. The fourth-order valence-corrected chi connectivity index (χ4v) is 2.25. The van der Waals surface area contributed by atoms with Gasteiger partial charge < -0.3 is 10.2 Å². The molecule has 0 aliphatic heterocycles. The van der Waals surface area contributed by atoms with Crippen molar-refractivity contribution in [3.8, 4) is 0 Å². The minimum Gasteiger partial charge on any atom is -0.310 e. The van der Waals surface area contributed by atoms with Crippen molar-refractivity contribution in [1.82, 2.24) is 10.2 Å². The molecule has 19 heavy (non-hydrogen) atoms. The van der Waals surface area contributed by atoms with Gasteiger partial charge in [-0.05, 0) is 64.9 Å². The van der Waals surface area contributed by atoms with Crippen molar-refractivity contribution < 1.29 is 0 Å². The second kappa shape index (κ2) is 8.34. The summed E-state index contributed by atoms with van der Waals surface area (Å²) in [6, 6.07) is 9.83. The second-order valence-electron chi connectivity index (χ2n) is 5.73. The van der Waals surface area contributed by atoms with Crippen LogP contribution in [0.5, 0.6) is 0 Å². The minimum absolute atomic E-state index is 0.474. The molecule has 0 bridgehead atoms. The molecule has 1 aromatic carbocycles. The molecular weight excluding hydrogens is 232 g/mol. The summed E-state index contributed by atoms with van der Waals surface area (Å²) in [7, 11) is 2.21. The molecule has 0 heterocycles. The van der Waals surface area contributed by atoms with Crippen molar-refractivity contribution in [2.45, 2.75) is 52.6 Å². The molecule has 1 atom stereocenters. The zero-order valence-electron chi connectivity index (χ0n) is 13.2. The van der Waals surface area contributed by atoms with Gasteiger partial charge in [0.25, 0.3) is 0 Å². The highest BCUT2D eigenvalue weighted by Crippen LogP contribution is 2.21. The average Bonchev–Trinajstić information content (AvgIpc) is 2.39. The van der Waals surface area contributed by atoms with Crippen molar-refractivity contribution in [1.29, 1.82) is 0 Å². The van der Waals surface area contributed by atoms with Crippen LogP contribution in [0.3, 0.4) is 0 Å². The zero-order valence-corrected chi connectivity index (χ0v) is 13.2. The van der Waals surface area contributed by atoms with Crippen LogP contribution >= 0.6 is 0 Å². The first-order valence-electron chi connectivity index (χ1n) is 7.55. The maximum atomic E-state index is 3.69. The summed E-state index contributed by atoms with van der Waals surface area (Å²) in [5.74, 6) is 0. The van der Waals surface area contributed by atoms with Gasteiger partial charge in [0.15, 0.2) is 0 Å². The largest absolute Gasteiger partial charge is 0.310 e. The SMILES string of the molecule is CCCNC(CCN(C)C(C)C)c1ccccc1C. The maximum absolute atomic E-state index is 3.69. The van der Waals surface area contributed by atoms with Gasteiger partial charge in [-0.1, -0.05) is 31.2 Å². The summed E-state index contributed by atoms with van der Waals surface area (Å²) >= 11 is 0. The lowest BCUT2D eigenvalue weighted by atomic mass is 9.98. The Morgan fingerprint density at radius 1 is 1.21 bits per heavy atom. The molecule has 2 heteroatoms. The van der Waals surface area contributed by atoms with Gasteiger partial charge in [-0.15, -0.1) is 0 Å². The van der Waals surface area contributed by atoms with Gasteiger partial charge in [-0.25, -0.2) is 0 Å². The molecule has 0 aliphatic carbocycles. The average molecular weight is 262 g/mol. The van der Waals surface area contributed by atoms with Crippen LogP contribution < -0.4 is 5.32 Å². The second-order valence-corrected chi connectivity index (χ2v) is 5.73. The van der Waals surface area contributed by atoms with Crippen molar-refractivity contribution in [2.24, 2.45) is 0 Å². The summed E-state index contributed by atoms with van der Waals surface area (Å²) in [5, 5.41) is 3.69. The molecule has 1 aromatic rings. The van der Waals surface area contributed by atoms with Crippen molar-refractivity contribution in [2.75, 3.05) is 20.1 Å². The van der Waals surface area contributed by atoms with Crippen LogP contribution in [-0.4, -0.2) is 31.1 Å². The molecular formula is C17H30N2. The molecule has 0 aliphatic rings. The maximum Gasteiger partial charge on any atom is 0.0335 e. The number of benzene rings is 1. The Morgan fingerprint density at radius 3 is 2.47 bits per heavy atom. The summed E-state index contributed by atoms with van der Waals surface area (Å²) in [5.41, 5.74) is 2.84. The van der Waals surface area contributed by atoms with E-state index in [-0.39, 0.29) is 0 Å². The summed E-state index contributed by atoms with van der Waals surface area (Å²) in [6.45, 7) is 11.2. The number of nitrogens with zero attached hydrogens (tertiary/aromatic N) is 1. The van der Waals surface area contributed by atoms with Crippen molar-refractivity contribution in [3.05, 3.63) is 35.4 Å². The van der Waals surface area contributed by atoms with Gasteiger partial charge in [0.2, 0.25) is 0 Å². The predicted octanol–water partition coefficient (Wildman–Crippen LogP) is 3.77. The predicted molar refractivity (Wildman–Crippen MR) is 84.6 cm³/mol. The van der Waals surface area contributed by atoms with E-state index >= 15 is 0 Å². The molecule has 0 amide bonds. The lowest BCUT2D eigenvalue weighted by Crippen LogP contribution is -2.31. The van der Waals surface area contributed by atoms with Gasteiger partial charge >= 0.3 is 0 Å². The minimum atomic E-state index is 0.474. The van der Waals surface area contributed by atoms with Gasteiger partial charge in [-0.2, -0.15) is 0 Å². The lowest BCUT2D eigenvalue weighted by molar-refractivity contribution is 0.256. The highest BCUT2D eigenvalue weighted by atomic mass is 15.1. The summed E-state index contributed by atoms with van der Waals surface area (Å²) in [4.78, 5) is 2.42. The molecule has 1 rings (SSSR count). The topological polar surface area (TPSA) is 15.3 Å². The number of aryl methyl sites for hydroxylation is 1. The Hall–Kier alpha value is -0.860. The van der Waals surface area contributed by atoms with E-state index in [0.29, 0.717) is 12.1 Å². The zero-order chi connectivity index (χ0) is 14.3. The first-order valence-corrected chi connectivity index (χ1v) is 7.55. The molecule has 0 spiro atoms. The fourth-order valence-electron chi connectivity index (χ4n) is 2.25. The molecule has 1 N–H and O–H groups in total. The Balaban J connectivity index is 2.69. The molecule has 1 unspecified atom stereocenters. The van der Waals surface area contributed by atoms with Crippen molar-refractivity contribution in [3.63, 3.8) is 0 Å². The van der Waals surface area contributed by atoms with E-state index in [1.54, 1.807) is 0 Å². The molecule has 0 aromatic heterocycles. The van der Waals surface area contributed by atoms with Gasteiger partial charge in [0.05, 0.1) is 0 Å². The first kappa shape index (κ1) is 16.2. The van der Waals surface area contributed by atoms with Crippen LogP contribution in [0, 0.1) is 6.92 Å². The highest BCUT2D eigenvalue weighted by Gasteiger charge is 2.14. The Bertz CT molecular complexity index is 360. The smallest absolute Gasteiger partial charge is 0.0335 e. The van der Waals surface area contributed by atoms with Crippen LogP contribution in [-0.2, 0) is 0 Å². The van der Waals surface area contributed by atoms with E-state index in [2.05, 4.69) is 69.2 Å². The van der Waals surface area contributed by atoms with E-state index in [1.807, 2.05) is 0 Å². The Labute approximate surface area is 119 Å². The molecule has 0 fully saturated rings. The van der Waals surface area contributed by atoms with Crippen LogP contribution in [0.25, 0.3) is 0 Å². The molecule has 0 saturated heterocycles. The summed E-state index contributed by atoms with van der Waals surface area (Å²) < 4.78 is 0. The Kier molecular flexibility index (Phi) is 7.11. The third-order valence-electron chi connectivity index (χ3n) is 3.86. The molecule has 0 saturated carbocycles. The van der Waals surface area contributed by atoms with Gasteiger partial charge in [0.1, 0.15) is 0 Å². The fraction of sp³-hybridized carbons (Fsp3) is 0.647. The first-order chi connectivity index (χ1) is 9.06. The standard InChI is InChI=1S/C17H30N2/c1-6-12-18-17(11-13-19(5)14(2)3)16-10-8-7-9-15(16)4/h7-10,14,17-18H,6,11-13H2,1-5H3. The number of hydrogen-bond acceptors (Lipinski definition) is 2. The van der Waals surface area contributed by atoms with Gasteiger partial charge in [-0.3, -0.25) is 0 Å². The number of hydrogen-bond donors (Lipinski definition) is 1. The summed E-state index contributed by atoms with van der Waals surface area (Å²) in [6.07, 6.45) is 2.35. The van der Waals surface area contributed by atoms with E-state index in [0.717, 1.165) is 13.1 Å². The number of nitrogens with one attached hydrogen (secondary N) is 1. The lowest BCUT2D eigenvalue weighted by Gasteiger charge is -2.26. The quantitative estimate of drug-likeness (QED) is 0.767. The molecule has 0 radical (unpaired) electrons. The third kappa shape index (κ3) is 5.33.